The Balaban J connectivity index is 2.07. The average molecular weight is 196 g/mol. The van der Waals surface area contributed by atoms with Gasteiger partial charge in [0.25, 0.3) is 0 Å². The Hall–Kier alpha value is -0.870. The summed E-state index contributed by atoms with van der Waals surface area (Å²) < 4.78 is 7.00. The van der Waals surface area contributed by atoms with Gasteiger partial charge >= 0.3 is 0 Å². The summed E-state index contributed by atoms with van der Waals surface area (Å²) in [6, 6.07) is 1.88. The van der Waals surface area contributed by atoms with Gasteiger partial charge in [0.1, 0.15) is 0 Å². The first-order valence-corrected chi connectivity index (χ1v) is 5.03. The van der Waals surface area contributed by atoms with Crippen molar-refractivity contribution in [1.82, 2.24) is 9.78 Å². The molecule has 0 bridgehead atoms. The van der Waals surface area contributed by atoms with Crippen LogP contribution in [0.25, 0.3) is 0 Å². The van der Waals surface area contributed by atoms with E-state index >= 15 is 0 Å². The van der Waals surface area contributed by atoms with Gasteiger partial charge < -0.3 is 9.84 Å². The van der Waals surface area contributed by atoms with Gasteiger partial charge in [-0.05, 0) is 24.8 Å². The monoisotopic (exact) mass is 196 g/mol. The van der Waals surface area contributed by atoms with Crippen LogP contribution in [0.15, 0.2) is 12.3 Å². The predicted molar refractivity (Wildman–Crippen MR) is 51.7 cm³/mol. The molecule has 1 N–H and O–H groups in total. The normalized spacial score (nSPS) is 21.0. The van der Waals surface area contributed by atoms with E-state index in [0.29, 0.717) is 5.92 Å². The lowest BCUT2D eigenvalue weighted by Gasteiger charge is -2.26. The minimum absolute atomic E-state index is 0.319. The maximum Gasteiger partial charge on any atom is 0.0986 e. The third kappa shape index (κ3) is 1.81. The van der Waals surface area contributed by atoms with E-state index < -0.39 is 6.10 Å². The van der Waals surface area contributed by atoms with Crippen molar-refractivity contribution in [2.45, 2.75) is 18.9 Å². The summed E-state index contributed by atoms with van der Waals surface area (Å²) in [5, 5.41) is 14.2. The molecule has 14 heavy (non-hydrogen) atoms. The summed E-state index contributed by atoms with van der Waals surface area (Å²) >= 11 is 0. The van der Waals surface area contributed by atoms with Crippen molar-refractivity contribution in [2.24, 2.45) is 13.0 Å². The smallest absolute Gasteiger partial charge is 0.0986 e. The van der Waals surface area contributed by atoms with Gasteiger partial charge in [-0.3, -0.25) is 4.68 Å². The van der Waals surface area contributed by atoms with E-state index in [1.54, 1.807) is 10.9 Å². The second-order valence-electron chi connectivity index (χ2n) is 3.77. The standard InChI is InChI=1S/C10H16N2O2/c1-12-9(2-5-11-12)10(13)8-3-6-14-7-4-8/h2,5,8,10,13H,3-4,6-7H2,1H3. The number of aliphatic hydroxyl groups is 1. The molecule has 1 unspecified atom stereocenters. The van der Waals surface area contributed by atoms with Gasteiger partial charge in [0.05, 0.1) is 11.8 Å². The van der Waals surface area contributed by atoms with E-state index in [0.717, 1.165) is 31.7 Å². The third-order valence-electron chi connectivity index (χ3n) is 2.87. The van der Waals surface area contributed by atoms with Crippen molar-refractivity contribution in [2.75, 3.05) is 13.2 Å². The number of hydrogen-bond acceptors (Lipinski definition) is 3. The van der Waals surface area contributed by atoms with Crippen LogP contribution in [0.5, 0.6) is 0 Å². The molecular formula is C10H16N2O2. The van der Waals surface area contributed by atoms with Gasteiger partial charge in [-0.2, -0.15) is 5.10 Å². The van der Waals surface area contributed by atoms with Crippen molar-refractivity contribution in [3.8, 4) is 0 Å². The molecule has 1 aliphatic heterocycles. The van der Waals surface area contributed by atoms with Gasteiger partial charge in [-0.1, -0.05) is 0 Å². The Labute approximate surface area is 83.5 Å². The van der Waals surface area contributed by atoms with Gasteiger partial charge in [-0.15, -0.1) is 0 Å². The molecule has 0 aromatic carbocycles. The number of aromatic nitrogens is 2. The van der Waals surface area contributed by atoms with Crippen LogP contribution in [0.2, 0.25) is 0 Å². The molecule has 0 amide bonds. The molecule has 1 saturated heterocycles. The fourth-order valence-electron chi connectivity index (χ4n) is 1.95. The van der Waals surface area contributed by atoms with E-state index in [1.165, 1.54) is 0 Å². The van der Waals surface area contributed by atoms with Crippen molar-refractivity contribution in [1.29, 1.82) is 0 Å². The van der Waals surface area contributed by atoms with Crippen molar-refractivity contribution in [3.63, 3.8) is 0 Å². The molecule has 4 heteroatoms. The minimum atomic E-state index is -0.397. The topological polar surface area (TPSA) is 47.3 Å². The van der Waals surface area contributed by atoms with E-state index in [4.69, 9.17) is 4.74 Å². The van der Waals surface area contributed by atoms with Gasteiger partial charge in [-0.25, -0.2) is 0 Å². The zero-order chi connectivity index (χ0) is 9.97. The Morgan fingerprint density at radius 1 is 1.57 bits per heavy atom. The van der Waals surface area contributed by atoms with Crippen molar-refractivity contribution >= 4 is 0 Å². The molecule has 78 valence electrons. The third-order valence-corrected chi connectivity index (χ3v) is 2.87. The van der Waals surface area contributed by atoms with Crippen LogP contribution >= 0.6 is 0 Å². The number of hydrogen-bond donors (Lipinski definition) is 1. The summed E-state index contributed by atoms with van der Waals surface area (Å²) in [6.45, 7) is 1.53. The van der Waals surface area contributed by atoms with Crippen LogP contribution < -0.4 is 0 Å². The molecule has 0 spiro atoms. The molecule has 0 radical (unpaired) electrons. The van der Waals surface area contributed by atoms with Gasteiger partial charge in [0, 0.05) is 26.5 Å². The van der Waals surface area contributed by atoms with E-state index in [9.17, 15) is 5.11 Å². The molecule has 1 aromatic rings. The van der Waals surface area contributed by atoms with E-state index in [-0.39, 0.29) is 0 Å². The quantitative estimate of drug-likeness (QED) is 0.763. The lowest BCUT2D eigenvalue weighted by atomic mass is 9.92. The molecule has 1 atom stereocenters. The van der Waals surface area contributed by atoms with Crippen molar-refractivity contribution < 1.29 is 9.84 Å². The number of nitrogens with zero attached hydrogens (tertiary/aromatic N) is 2. The number of aliphatic hydroxyl groups excluding tert-OH is 1. The summed E-state index contributed by atoms with van der Waals surface area (Å²) in [5.41, 5.74) is 0.900. The Bertz CT molecular complexity index is 292. The van der Waals surface area contributed by atoms with Gasteiger partial charge in [0.2, 0.25) is 0 Å². The lowest BCUT2D eigenvalue weighted by molar-refractivity contribution is 0.00418. The molecular weight excluding hydrogens is 180 g/mol. The highest BCUT2D eigenvalue weighted by Crippen LogP contribution is 2.29. The highest BCUT2D eigenvalue weighted by atomic mass is 16.5. The number of rotatable bonds is 2. The zero-order valence-corrected chi connectivity index (χ0v) is 8.39. The van der Waals surface area contributed by atoms with Crippen LogP contribution in [0, 0.1) is 5.92 Å². The molecule has 1 aliphatic rings. The molecule has 1 fully saturated rings. The molecule has 0 saturated carbocycles. The summed E-state index contributed by atoms with van der Waals surface area (Å²) in [5.74, 6) is 0.319. The highest BCUT2D eigenvalue weighted by molar-refractivity contribution is 5.05. The second kappa shape index (κ2) is 4.11. The first-order valence-electron chi connectivity index (χ1n) is 5.03. The van der Waals surface area contributed by atoms with Crippen LogP contribution in [0.1, 0.15) is 24.6 Å². The summed E-state index contributed by atoms with van der Waals surface area (Å²) in [6.07, 6.45) is 3.20. The van der Waals surface area contributed by atoms with Crippen LogP contribution in [-0.2, 0) is 11.8 Å². The molecule has 0 aliphatic carbocycles. The highest BCUT2D eigenvalue weighted by Gasteiger charge is 2.25. The number of ether oxygens (including phenoxy) is 1. The Morgan fingerprint density at radius 3 is 2.86 bits per heavy atom. The maximum atomic E-state index is 10.1. The fraction of sp³-hybridized carbons (Fsp3) is 0.700. The molecule has 4 nitrogen and oxygen atoms in total. The first kappa shape index (κ1) is 9.68. The second-order valence-corrected chi connectivity index (χ2v) is 3.77. The molecule has 2 rings (SSSR count). The molecule has 2 heterocycles. The van der Waals surface area contributed by atoms with Crippen molar-refractivity contribution in [3.05, 3.63) is 18.0 Å². The number of aryl methyl sites for hydroxylation is 1. The van der Waals surface area contributed by atoms with Crippen LogP contribution in [-0.4, -0.2) is 28.1 Å². The Kier molecular flexibility index (Phi) is 2.84. The minimum Gasteiger partial charge on any atom is -0.387 e. The predicted octanol–water partition coefficient (Wildman–Crippen LogP) is 0.880. The van der Waals surface area contributed by atoms with Crippen LogP contribution in [0.3, 0.4) is 0 Å². The average Bonchev–Trinajstić information content (AvgIpc) is 2.65. The SMILES string of the molecule is Cn1nccc1C(O)C1CCOCC1. The lowest BCUT2D eigenvalue weighted by Crippen LogP contribution is -2.23. The van der Waals surface area contributed by atoms with E-state index in [2.05, 4.69) is 5.10 Å². The van der Waals surface area contributed by atoms with E-state index in [1.807, 2.05) is 13.1 Å². The maximum absolute atomic E-state index is 10.1. The Morgan fingerprint density at radius 2 is 2.29 bits per heavy atom. The zero-order valence-electron chi connectivity index (χ0n) is 8.39. The molecule has 1 aromatic heterocycles. The largest absolute Gasteiger partial charge is 0.387 e. The fourth-order valence-corrected chi connectivity index (χ4v) is 1.95. The van der Waals surface area contributed by atoms with Gasteiger partial charge in [0.15, 0.2) is 0 Å². The summed E-state index contributed by atoms with van der Waals surface area (Å²) in [4.78, 5) is 0. The van der Waals surface area contributed by atoms with Crippen LogP contribution in [0.4, 0.5) is 0 Å². The summed E-state index contributed by atoms with van der Waals surface area (Å²) in [7, 11) is 1.86. The first-order chi connectivity index (χ1) is 6.79.